The van der Waals surface area contributed by atoms with E-state index in [1.807, 2.05) is 0 Å². The molecule has 3 rings (SSSR count). The maximum Gasteiger partial charge on any atom is 0.406 e. The molecule has 0 N–H and O–H groups in total. The summed E-state index contributed by atoms with van der Waals surface area (Å²) in [6, 6.07) is 11.4. The molecule has 0 amide bonds. The summed E-state index contributed by atoms with van der Waals surface area (Å²) in [4.78, 5) is 16.0. The first kappa shape index (κ1) is 16.8. The van der Waals surface area contributed by atoms with Gasteiger partial charge >= 0.3 is 11.9 Å². The summed E-state index contributed by atoms with van der Waals surface area (Å²) in [6.45, 7) is -1.48. The van der Waals surface area contributed by atoms with Crippen molar-refractivity contribution >= 4 is 34.1 Å². The Morgan fingerprint density at radius 3 is 2.38 bits per heavy atom. The number of fused-ring (bicyclic) bond motifs is 1. The summed E-state index contributed by atoms with van der Waals surface area (Å²) in [5.41, 5.74) is -0.254. The van der Waals surface area contributed by atoms with E-state index in [9.17, 15) is 18.0 Å². The first-order chi connectivity index (χ1) is 11.3. The van der Waals surface area contributed by atoms with Crippen molar-refractivity contribution in [3.05, 3.63) is 63.0 Å². The van der Waals surface area contributed by atoms with Crippen LogP contribution in [0.25, 0.3) is 22.2 Å². The molecule has 0 unspecified atom stereocenters. The predicted octanol–water partition coefficient (Wildman–Crippen LogP) is 4.93. The molecule has 0 aliphatic heterocycles. The van der Waals surface area contributed by atoms with Crippen LogP contribution in [0.1, 0.15) is 0 Å². The van der Waals surface area contributed by atoms with E-state index < -0.39 is 18.4 Å². The fraction of sp³-hybridized carbons (Fsp3) is 0.125. The molecule has 3 nitrogen and oxygen atoms in total. The molecule has 0 fully saturated rings. The van der Waals surface area contributed by atoms with Gasteiger partial charge in [-0.3, -0.25) is 4.57 Å². The molecule has 0 aliphatic rings. The van der Waals surface area contributed by atoms with Gasteiger partial charge in [0.15, 0.2) is 0 Å². The van der Waals surface area contributed by atoms with Crippen LogP contribution in [0.5, 0.6) is 0 Å². The van der Waals surface area contributed by atoms with Gasteiger partial charge in [0, 0.05) is 16.0 Å². The van der Waals surface area contributed by atoms with Crippen molar-refractivity contribution in [2.24, 2.45) is 0 Å². The topological polar surface area (TPSA) is 34.9 Å². The molecule has 124 valence electrons. The van der Waals surface area contributed by atoms with Crippen LogP contribution in [0, 0.1) is 0 Å². The quantitative estimate of drug-likeness (QED) is 0.638. The molecule has 1 heterocycles. The lowest BCUT2D eigenvalue weighted by molar-refractivity contribution is -0.140. The van der Waals surface area contributed by atoms with E-state index in [1.54, 1.807) is 30.3 Å². The van der Waals surface area contributed by atoms with Crippen LogP contribution in [0.15, 0.2) is 47.3 Å². The van der Waals surface area contributed by atoms with Gasteiger partial charge in [0.1, 0.15) is 6.54 Å². The molecule has 0 radical (unpaired) electrons. The highest BCUT2D eigenvalue weighted by molar-refractivity contribution is 6.38. The summed E-state index contributed by atoms with van der Waals surface area (Å²) in [7, 11) is 0. The van der Waals surface area contributed by atoms with Gasteiger partial charge in [0.05, 0.1) is 16.2 Å². The Bertz CT molecular complexity index is 969. The fourth-order valence-electron chi connectivity index (χ4n) is 2.47. The van der Waals surface area contributed by atoms with Crippen molar-refractivity contribution in [1.82, 2.24) is 9.55 Å². The lowest BCUT2D eigenvalue weighted by atomic mass is 10.1. The highest BCUT2D eigenvalue weighted by Crippen LogP contribution is 2.33. The largest absolute Gasteiger partial charge is 0.406 e. The van der Waals surface area contributed by atoms with Crippen LogP contribution in [0.3, 0.4) is 0 Å². The van der Waals surface area contributed by atoms with Crippen molar-refractivity contribution in [1.29, 1.82) is 0 Å². The minimum Gasteiger partial charge on any atom is -0.281 e. The smallest absolute Gasteiger partial charge is 0.281 e. The van der Waals surface area contributed by atoms with E-state index >= 15 is 0 Å². The lowest BCUT2D eigenvalue weighted by Gasteiger charge is -2.15. The van der Waals surface area contributed by atoms with Gasteiger partial charge in [-0.1, -0.05) is 53.5 Å². The fourth-order valence-corrected chi connectivity index (χ4v) is 3.07. The zero-order valence-electron chi connectivity index (χ0n) is 11.9. The summed E-state index contributed by atoms with van der Waals surface area (Å²) in [6.07, 6.45) is -4.59. The second-order valence-electron chi connectivity index (χ2n) is 5.09. The second-order valence-corrected chi connectivity index (χ2v) is 5.94. The number of alkyl halides is 3. The van der Waals surface area contributed by atoms with E-state index in [2.05, 4.69) is 4.98 Å². The Balaban J connectivity index is 2.41. The van der Waals surface area contributed by atoms with Gasteiger partial charge in [0.25, 0.3) is 0 Å². The number of hydrogen-bond acceptors (Lipinski definition) is 2. The van der Waals surface area contributed by atoms with Crippen molar-refractivity contribution in [3.63, 3.8) is 0 Å². The van der Waals surface area contributed by atoms with Gasteiger partial charge in [-0.25, -0.2) is 4.79 Å². The predicted molar refractivity (Wildman–Crippen MR) is 87.5 cm³/mol. The highest BCUT2D eigenvalue weighted by Gasteiger charge is 2.30. The molecule has 0 saturated carbocycles. The standard InChI is InChI=1S/C16H9Cl2F3N2O/c17-10-6-11-13(9-4-2-1-3-5-9)22-15(24)23(8-16(19,20)21)14(11)12(18)7-10/h1-7H,8H2. The Labute approximate surface area is 144 Å². The zero-order valence-corrected chi connectivity index (χ0v) is 13.5. The average molecular weight is 373 g/mol. The minimum absolute atomic E-state index is 0.0431. The van der Waals surface area contributed by atoms with E-state index in [0.717, 1.165) is 0 Å². The molecule has 3 aromatic rings. The summed E-state index contributed by atoms with van der Waals surface area (Å²) >= 11 is 12.1. The molecule has 0 bridgehead atoms. The second kappa shape index (κ2) is 6.11. The molecule has 1 aromatic heterocycles. The molecule has 0 atom stereocenters. The number of halogens is 5. The van der Waals surface area contributed by atoms with Gasteiger partial charge in [-0.2, -0.15) is 18.2 Å². The molecule has 8 heteroatoms. The third kappa shape index (κ3) is 3.25. The number of aromatic nitrogens is 2. The Hall–Kier alpha value is -2.05. The number of hydrogen-bond donors (Lipinski definition) is 0. The molecule has 2 aromatic carbocycles. The van der Waals surface area contributed by atoms with Gasteiger partial charge in [0.2, 0.25) is 0 Å². The van der Waals surface area contributed by atoms with Crippen molar-refractivity contribution in [2.75, 3.05) is 0 Å². The van der Waals surface area contributed by atoms with Gasteiger partial charge < -0.3 is 0 Å². The monoisotopic (exact) mass is 372 g/mol. The molecule has 0 spiro atoms. The first-order valence-corrected chi connectivity index (χ1v) is 7.53. The first-order valence-electron chi connectivity index (χ1n) is 6.78. The number of rotatable bonds is 2. The Morgan fingerprint density at radius 2 is 1.75 bits per heavy atom. The van der Waals surface area contributed by atoms with Crippen molar-refractivity contribution < 1.29 is 13.2 Å². The third-order valence-corrected chi connectivity index (χ3v) is 3.88. The summed E-state index contributed by atoms with van der Waals surface area (Å²) < 4.78 is 39.0. The summed E-state index contributed by atoms with van der Waals surface area (Å²) in [5.74, 6) is 0. The van der Waals surface area contributed by atoms with E-state index in [-0.39, 0.29) is 26.6 Å². The number of benzene rings is 2. The SMILES string of the molecule is O=c1nc(-c2ccccc2)c2cc(Cl)cc(Cl)c2n1CC(F)(F)F. The Kier molecular flexibility index (Phi) is 4.27. The average Bonchev–Trinajstić information content (AvgIpc) is 2.49. The van der Waals surface area contributed by atoms with Crippen LogP contribution in [0.4, 0.5) is 13.2 Å². The molecular formula is C16H9Cl2F3N2O. The van der Waals surface area contributed by atoms with Crippen LogP contribution >= 0.6 is 23.2 Å². The molecule has 24 heavy (non-hydrogen) atoms. The number of nitrogens with zero attached hydrogens (tertiary/aromatic N) is 2. The maximum atomic E-state index is 12.8. The maximum absolute atomic E-state index is 12.8. The van der Waals surface area contributed by atoms with Gasteiger partial charge in [-0.05, 0) is 12.1 Å². The zero-order chi connectivity index (χ0) is 17.5. The van der Waals surface area contributed by atoms with E-state index in [0.29, 0.717) is 10.1 Å². The van der Waals surface area contributed by atoms with Crippen LogP contribution in [-0.4, -0.2) is 15.7 Å². The van der Waals surface area contributed by atoms with Crippen LogP contribution < -0.4 is 5.69 Å². The van der Waals surface area contributed by atoms with E-state index in [1.165, 1.54) is 12.1 Å². The van der Waals surface area contributed by atoms with Gasteiger partial charge in [-0.15, -0.1) is 0 Å². The van der Waals surface area contributed by atoms with Crippen molar-refractivity contribution in [3.8, 4) is 11.3 Å². The summed E-state index contributed by atoms with van der Waals surface area (Å²) in [5, 5.41) is 0.477. The minimum atomic E-state index is -4.59. The highest BCUT2D eigenvalue weighted by atomic mass is 35.5. The third-order valence-electron chi connectivity index (χ3n) is 3.38. The van der Waals surface area contributed by atoms with Crippen LogP contribution in [-0.2, 0) is 6.54 Å². The normalized spacial score (nSPS) is 11.9. The molecule has 0 saturated heterocycles. The lowest BCUT2D eigenvalue weighted by Crippen LogP contribution is -2.30. The van der Waals surface area contributed by atoms with Crippen molar-refractivity contribution in [2.45, 2.75) is 12.7 Å². The molecule has 0 aliphatic carbocycles. The van der Waals surface area contributed by atoms with E-state index in [4.69, 9.17) is 23.2 Å². The van der Waals surface area contributed by atoms with Crippen LogP contribution in [0.2, 0.25) is 10.0 Å². The molecular weight excluding hydrogens is 364 g/mol. The Morgan fingerprint density at radius 1 is 1.08 bits per heavy atom.